The first-order valence-corrected chi connectivity index (χ1v) is 5.34. The van der Waals surface area contributed by atoms with E-state index in [1.54, 1.807) is 16.8 Å². The first kappa shape index (κ1) is 12.0. The van der Waals surface area contributed by atoms with Crippen LogP contribution in [0.1, 0.15) is 19.8 Å². The summed E-state index contributed by atoms with van der Waals surface area (Å²) in [4.78, 5) is 26.5. The fraction of sp³-hybridized carbons (Fsp3) is 0.800. The van der Waals surface area contributed by atoms with Gasteiger partial charge in [0.15, 0.2) is 0 Å². The first-order valence-electron chi connectivity index (χ1n) is 5.34. The molecule has 5 nitrogen and oxygen atoms in total. The molecule has 1 aliphatic rings. The van der Waals surface area contributed by atoms with Gasteiger partial charge in [0.05, 0.1) is 12.6 Å². The predicted molar refractivity (Wildman–Crippen MR) is 57.1 cm³/mol. The second-order valence-electron chi connectivity index (χ2n) is 3.94. The number of hydrogen-bond acceptors (Lipinski definition) is 3. The van der Waals surface area contributed by atoms with Crippen molar-refractivity contribution < 1.29 is 9.59 Å². The molecule has 1 aliphatic heterocycles. The molecular formula is C10H19N3O2. The number of likely N-dealkylation sites (N-methyl/N-ethyl adjacent to an activating group) is 1. The van der Waals surface area contributed by atoms with Gasteiger partial charge in [0.1, 0.15) is 0 Å². The monoisotopic (exact) mass is 213 g/mol. The molecule has 5 heteroatoms. The van der Waals surface area contributed by atoms with Crippen LogP contribution < -0.4 is 5.73 Å². The summed E-state index contributed by atoms with van der Waals surface area (Å²) in [5.74, 6) is -0.120. The molecule has 1 fully saturated rings. The van der Waals surface area contributed by atoms with Crippen LogP contribution in [0.15, 0.2) is 0 Å². The van der Waals surface area contributed by atoms with Gasteiger partial charge in [-0.3, -0.25) is 9.59 Å². The van der Waals surface area contributed by atoms with E-state index in [0.29, 0.717) is 19.5 Å². The average molecular weight is 213 g/mol. The maximum Gasteiger partial charge on any atom is 0.241 e. The molecular weight excluding hydrogens is 194 g/mol. The topological polar surface area (TPSA) is 66.6 Å². The smallest absolute Gasteiger partial charge is 0.241 e. The molecule has 0 aromatic carbocycles. The molecule has 0 aromatic rings. The number of nitrogens with two attached hydrogens (primary N) is 1. The number of carbonyl (C=O) groups excluding carboxylic acids is 2. The van der Waals surface area contributed by atoms with Crippen molar-refractivity contribution in [3.63, 3.8) is 0 Å². The van der Waals surface area contributed by atoms with Gasteiger partial charge in [-0.05, 0) is 12.8 Å². The maximum absolute atomic E-state index is 11.8. The van der Waals surface area contributed by atoms with Crippen LogP contribution in [-0.2, 0) is 9.59 Å². The Hall–Kier alpha value is -1.10. The van der Waals surface area contributed by atoms with Crippen LogP contribution in [-0.4, -0.2) is 54.3 Å². The molecule has 1 atom stereocenters. The lowest BCUT2D eigenvalue weighted by Crippen LogP contribution is -2.46. The van der Waals surface area contributed by atoms with Crippen LogP contribution in [0.25, 0.3) is 0 Å². The zero-order valence-electron chi connectivity index (χ0n) is 9.40. The quantitative estimate of drug-likeness (QED) is 0.667. The minimum Gasteiger partial charge on any atom is -0.344 e. The summed E-state index contributed by atoms with van der Waals surface area (Å²) < 4.78 is 0. The lowest BCUT2D eigenvalue weighted by molar-refractivity contribution is -0.138. The van der Waals surface area contributed by atoms with Gasteiger partial charge in [-0.25, -0.2) is 0 Å². The standard InChI is InChI=1S/C10H19N3O2/c1-3-8(11)10(15)13-6-4-5-12(2)9(14)7-13/h8H,3-7,11H2,1-2H3/t8-/m0/s1. The number of amides is 2. The van der Waals surface area contributed by atoms with Gasteiger partial charge in [0, 0.05) is 20.1 Å². The highest BCUT2D eigenvalue weighted by atomic mass is 16.2. The molecule has 86 valence electrons. The molecule has 2 N–H and O–H groups in total. The fourth-order valence-electron chi connectivity index (χ4n) is 1.58. The highest BCUT2D eigenvalue weighted by Crippen LogP contribution is 2.05. The van der Waals surface area contributed by atoms with E-state index in [-0.39, 0.29) is 18.4 Å². The van der Waals surface area contributed by atoms with Gasteiger partial charge >= 0.3 is 0 Å². The summed E-state index contributed by atoms with van der Waals surface area (Å²) in [5.41, 5.74) is 5.66. The van der Waals surface area contributed by atoms with Gasteiger partial charge in [-0.2, -0.15) is 0 Å². The Kier molecular flexibility index (Phi) is 4.08. The normalized spacial score (nSPS) is 20.1. The van der Waals surface area contributed by atoms with E-state index < -0.39 is 6.04 Å². The van der Waals surface area contributed by atoms with Crippen molar-refractivity contribution in [2.24, 2.45) is 5.73 Å². The van der Waals surface area contributed by atoms with Crippen molar-refractivity contribution in [2.75, 3.05) is 26.7 Å². The van der Waals surface area contributed by atoms with Crippen LogP contribution in [0.5, 0.6) is 0 Å². The summed E-state index contributed by atoms with van der Waals surface area (Å²) in [6.07, 6.45) is 1.43. The van der Waals surface area contributed by atoms with Crippen molar-refractivity contribution >= 4 is 11.8 Å². The Morgan fingerprint density at radius 1 is 1.53 bits per heavy atom. The van der Waals surface area contributed by atoms with Crippen LogP contribution in [0, 0.1) is 0 Å². The Morgan fingerprint density at radius 3 is 2.80 bits per heavy atom. The summed E-state index contributed by atoms with van der Waals surface area (Å²) in [6, 6.07) is -0.471. The van der Waals surface area contributed by atoms with Crippen molar-refractivity contribution in [1.82, 2.24) is 9.80 Å². The third-order valence-corrected chi connectivity index (χ3v) is 2.74. The third-order valence-electron chi connectivity index (χ3n) is 2.74. The van der Waals surface area contributed by atoms with E-state index in [9.17, 15) is 9.59 Å². The lowest BCUT2D eigenvalue weighted by Gasteiger charge is -2.22. The largest absolute Gasteiger partial charge is 0.344 e. The molecule has 1 rings (SSSR count). The number of nitrogens with zero attached hydrogens (tertiary/aromatic N) is 2. The van der Waals surface area contributed by atoms with Gasteiger partial charge < -0.3 is 15.5 Å². The van der Waals surface area contributed by atoms with Crippen molar-refractivity contribution in [2.45, 2.75) is 25.8 Å². The van der Waals surface area contributed by atoms with Gasteiger partial charge in [-0.15, -0.1) is 0 Å². The van der Waals surface area contributed by atoms with E-state index in [4.69, 9.17) is 5.73 Å². The van der Waals surface area contributed by atoms with Crippen molar-refractivity contribution in [3.05, 3.63) is 0 Å². The van der Waals surface area contributed by atoms with Gasteiger partial charge in [0.25, 0.3) is 0 Å². The van der Waals surface area contributed by atoms with E-state index in [0.717, 1.165) is 6.42 Å². The molecule has 1 saturated heterocycles. The Labute approximate surface area is 90.2 Å². The minimum absolute atomic E-state index is 0.0100. The Morgan fingerprint density at radius 2 is 2.20 bits per heavy atom. The molecule has 0 aromatic heterocycles. The molecule has 1 heterocycles. The summed E-state index contributed by atoms with van der Waals surface area (Å²) >= 11 is 0. The zero-order valence-corrected chi connectivity index (χ0v) is 9.40. The SMILES string of the molecule is CC[C@H](N)C(=O)N1CCCN(C)C(=O)C1. The van der Waals surface area contributed by atoms with Crippen molar-refractivity contribution in [1.29, 1.82) is 0 Å². The highest BCUT2D eigenvalue weighted by Gasteiger charge is 2.25. The number of carbonyl (C=O) groups is 2. The van der Waals surface area contributed by atoms with E-state index >= 15 is 0 Å². The second kappa shape index (κ2) is 5.11. The van der Waals surface area contributed by atoms with E-state index in [2.05, 4.69) is 0 Å². The molecule has 0 bridgehead atoms. The van der Waals surface area contributed by atoms with Crippen molar-refractivity contribution in [3.8, 4) is 0 Å². The molecule has 0 aliphatic carbocycles. The molecule has 2 amide bonds. The highest BCUT2D eigenvalue weighted by molar-refractivity contribution is 5.87. The Balaban J connectivity index is 2.62. The molecule has 0 radical (unpaired) electrons. The number of hydrogen-bond donors (Lipinski definition) is 1. The minimum atomic E-state index is -0.471. The molecule has 0 saturated carbocycles. The second-order valence-corrected chi connectivity index (χ2v) is 3.94. The van der Waals surface area contributed by atoms with E-state index in [1.807, 2.05) is 6.92 Å². The summed E-state index contributed by atoms with van der Waals surface area (Å²) in [6.45, 7) is 3.38. The zero-order chi connectivity index (χ0) is 11.4. The van der Waals surface area contributed by atoms with Gasteiger partial charge in [-0.1, -0.05) is 6.92 Å². The van der Waals surface area contributed by atoms with Crippen LogP contribution >= 0.6 is 0 Å². The first-order chi connectivity index (χ1) is 7.06. The maximum atomic E-state index is 11.8. The third kappa shape index (κ3) is 2.92. The lowest BCUT2D eigenvalue weighted by atomic mass is 10.2. The molecule has 0 unspecified atom stereocenters. The Bertz CT molecular complexity index is 255. The van der Waals surface area contributed by atoms with Crippen LogP contribution in [0.3, 0.4) is 0 Å². The average Bonchev–Trinajstić information content (AvgIpc) is 2.39. The van der Waals surface area contributed by atoms with Crippen LogP contribution in [0.4, 0.5) is 0 Å². The summed E-state index contributed by atoms with van der Waals surface area (Å²) in [7, 11) is 1.76. The fourth-order valence-corrected chi connectivity index (χ4v) is 1.58. The molecule has 0 spiro atoms. The van der Waals surface area contributed by atoms with Gasteiger partial charge in [0.2, 0.25) is 11.8 Å². The predicted octanol–water partition coefficient (Wildman–Crippen LogP) is -0.586. The molecule has 15 heavy (non-hydrogen) atoms. The summed E-state index contributed by atoms with van der Waals surface area (Å²) in [5, 5.41) is 0. The number of rotatable bonds is 2. The van der Waals surface area contributed by atoms with Crippen LogP contribution in [0.2, 0.25) is 0 Å². The van der Waals surface area contributed by atoms with E-state index in [1.165, 1.54) is 0 Å².